The van der Waals surface area contributed by atoms with Gasteiger partial charge in [-0.3, -0.25) is 14.6 Å². The van der Waals surface area contributed by atoms with Crippen molar-refractivity contribution in [2.24, 2.45) is 0 Å². The van der Waals surface area contributed by atoms with E-state index in [1.165, 1.54) is 18.3 Å². The average molecular weight is 396 g/mol. The molecule has 0 unspecified atom stereocenters. The van der Waals surface area contributed by atoms with E-state index in [0.29, 0.717) is 27.7 Å². The predicted molar refractivity (Wildman–Crippen MR) is 109 cm³/mol. The standard InChI is InChI=1S/C21H18ClN3O3/c1-13-6-7-15(22)11-18(13)25-20(26)14-8-9-23-19(10-14)21(27)24-16-4-3-5-17(12-16)28-2/h3-12H,1-2H3,(H,24,27)(H,25,26). The Morgan fingerprint density at radius 3 is 2.61 bits per heavy atom. The number of halogens is 1. The Labute approximate surface area is 167 Å². The molecule has 28 heavy (non-hydrogen) atoms. The number of rotatable bonds is 5. The van der Waals surface area contributed by atoms with Crippen molar-refractivity contribution in [3.8, 4) is 5.75 Å². The minimum Gasteiger partial charge on any atom is -0.497 e. The molecule has 0 radical (unpaired) electrons. The summed E-state index contributed by atoms with van der Waals surface area (Å²) in [5.74, 6) is -0.166. The molecule has 0 spiro atoms. The van der Waals surface area contributed by atoms with Gasteiger partial charge >= 0.3 is 0 Å². The third-order valence-corrected chi connectivity index (χ3v) is 4.27. The highest BCUT2D eigenvalue weighted by Gasteiger charge is 2.13. The smallest absolute Gasteiger partial charge is 0.274 e. The molecule has 1 heterocycles. The second kappa shape index (κ2) is 8.54. The van der Waals surface area contributed by atoms with Crippen LogP contribution in [0.3, 0.4) is 0 Å². The van der Waals surface area contributed by atoms with Crippen molar-refractivity contribution in [3.05, 3.63) is 82.6 Å². The van der Waals surface area contributed by atoms with Crippen LogP contribution in [0.1, 0.15) is 26.4 Å². The number of amides is 2. The number of anilines is 2. The maximum atomic E-state index is 12.6. The summed E-state index contributed by atoms with van der Waals surface area (Å²) >= 11 is 5.99. The number of carbonyl (C=O) groups excluding carboxylic acids is 2. The summed E-state index contributed by atoms with van der Waals surface area (Å²) in [5.41, 5.74) is 2.48. The largest absolute Gasteiger partial charge is 0.497 e. The van der Waals surface area contributed by atoms with Gasteiger partial charge in [0.2, 0.25) is 0 Å². The zero-order valence-electron chi connectivity index (χ0n) is 15.3. The van der Waals surface area contributed by atoms with Gasteiger partial charge < -0.3 is 15.4 Å². The fraction of sp³-hybridized carbons (Fsp3) is 0.0952. The Kier molecular flexibility index (Phi) is 5.91. The summed E-state index contributed by atoms with van der Waals surface area (Å²) in [5, 5.41) is 6.06. The summed E-state index contributed by atoms with van der Waals surface area (Å²) in [4.78, 5) is 29.1. The normalized spacial score (nSPS) is 10.2. The third-order valence-electron chi connectivity index (χ3n) is 4.03. The molecule has 142 valence electrons. The van der Waals surface area contributed by atoms with Gasteiger partial charge in [0.05, 0.1) is 7.11 Å². The van der Waals surface area contributed by atoms with Crippen LogP contribution in [0.4, 0.5) is 11.4 Å². The number of nitrogens with one attached hydrogen (secondary N) is 2. The average Bonchev–Trinajstić information content (AvgIpc) is 2.71. The van der Waals surface area contributed by atoms with E-state index in [1.807, 2.05) is 13.0 Å². The highest BCUT2D eigenvalue weighted by molar-refractivity contribution is 6.31. The maximum absolute atomic E-state index is 12.6. The lowest BCUT2D eigenvalue weighted by atomic mass is 10.1. The topological polar surface area (TPSA) is 80.3 Å². The zero-order valence-corrected chi connectivity index (χ0v) is 16.1. The Balaban J connectivity index is 1.76. The molecule has 0 fully saturated rings. The molecule has 0 bridgehead atoms. The van der Waals surface area contributed by atoms with Crippen LogP contribution in [0.5, 0.6) is 5.75 Å². The summed E-state index contributed by atoms with van der Waals surface area (Å²) in [6.45, 7) is 1.87. The van der Waals surface area contributed by atoms with Crippen LogP contribution >= 0.6 is 11.6 Å². The van der Waals surface area contributed by atoms with Crippen LogP contribution in [0, 0.1) is 6.92 Å². The lowest BCUT2D eigenvalue weighted by molar-refractivity contribution is 0.102. The van der Waals surface area contributed by atoms with Crippen molar-refractivity contribution in [3.63, 3.8) is 0 Å². The van der Waals surface area contributed by atoms with E-state index in [9.17, 15) is 9.59 Å². The van der Waals surface area contributed by atoms with Gasteiger partial charge in [-0.1, -0.05) is 23.7 Å². The van der Waals surface area contributed by atoms with E-state index in [0.717, 1.165) is 5.56 Å². The van der Waals surface area contributed by atoms with Gasteiger partial charge in [-0.05, 0) is 48.9 Å². The Morgan fingerprint density at radius 2 is 1.82 bits per heavy atom. The highest BCUT2D eigenvalue weighted by atomic mass is 35.5. The van der Waals surface area contributed by atoms with Crippen molar-refractivity contribution in [2.75, 3.05) is 17.7 Å². The summed E-state index contributed by atoms with van der Waals surface area (Å²) in [7, 11) is 1.55. The molecule has 0 saturated heterocycles. The number of methoxy groups -OCH3 is 1. The lowest BCUT2D eigenvalue weighted by Gasteiger charge is -2.10. The first kappa shape index (κ1) is 19.4. The molecule has 6 nitrogen and oxygen atoms in total. The number of aryl methyl sites for hydroxylation is 1. The van der Waals surface area contributed by atoms with Crippen molar-refractivity contribution < 1.29 is 14.3 Å². The number of benzene rings is 2. The molecule has 2 N–H and O–H groups in total. The molecule has 0 aliphatic heterocycles. The fourth-order valence-electron chi connectivity index (χ4n) is 2.52. The van der Waals surface area contributed by atoms with Gasteiger partial charge in [-0.15, -0.1) is 0 Å². The second-order valence-corrected chi connectivity index (χ2v) is 6.47. The maximum Gasteiger partial charge on any atom is 0.274 e. The first-order chi connectivity index (χ1) is 13.5. The number of pyridine rings is 1. The van der Waals surface area contributed by atoms with Crippen molar-refractivity contribution in [2.45, 2.75) is 6.92 Å². The molecule has 1 aromatic heterocycles. The fourth-order valence-corrected chi connectivity index (χ4v) is 2.69. The first-order valence-corrected chi connectivity index (χ1v) is 8.83. The van der Waals surface area contributed by atoms with Crippen molar-refractivity contribution in [1.29, 1.82) is 0 Å². The van der Waals surface area contributed by atoms with Crippen LogP contribution in [0.2, 0.25) is 5.02 Å². The summed E-state index contributed by atoms with van der Waals surface area (Å²) < 4.78 is 5.14. The SMILES string of the molecule is COc1cccc(NC(=O)c2cc(C(=O)Nc3cc(Cl)ccc3C)ccn2)c1. The summed E-state index contributed by atoms with van der Waals surface area (Å²) in [6, 6.07) is 15.2. The monoisotopic (exact) mass is 395 g/mol. The van der Waals surface area contributed by atoms with Gasteiger partial charge in [0.15, 0.2) is 0 Å². The van der Waals surface area contributed by atoms with Crippen LogP contribution in [0.15, 0.2) is 60.8 Å². The number of ether oxygens (including phenoxy) is 1. The van der Waals surface area contributed by atoms with Gasteiger partial charge in [-0.25, -0.2) is 0 Å². The molecular weight excluding hydrogens is 378 g/mol. The molecule has 2 amide bonds. The molecule has 0 saturated carbocycles. The quantitative estimate of drug-likeness (QED) is 0.663. The summed E-state index contributed by atoms with van der Waals surface area (Å²) in [6.07, 6.45) is 1.42. The molecule has 7 heteroatoms. The van der Waals surface area contributed by atoms with Gasteiger partial charge in [-0.2, -0.15) is 0 Å². The van der Waals surface area contributed by atoms with Crippen LogP contribution < -0.4 is 15.4 Å². The number of hydrogen-bond acceptors (Lipinski definition) is 4. The Hall–Kier alpha value is -3.38. The van der Waals surface area contributed by atoms with E-state index < -0.39 is 5.91 Å². The Morgan fingerprint density at radius 1 is 1.00 bits per heavy atom. The lowest BCUT2D eigenvalue weighted by Crippen LogP contribution is -2.17. The predicted octanol–water partition coefficient (Wildman–Crippen LogP) is 4.56. The highest BCUT2D eigenvalue weighted by Crippen LogP contribution is 2.21. The minimum atomic E-state index is -0.429. The third kappa shape index (κ3) is 4.66. The minimum absolute atomic E-state index is 0.123. The van der Waals surface area contributed by atoms with E-state index in [1.54, 1.807) is 43.5 Å². The van der Waals surface area contributed by atoms with Gasteiger partial charge in [0.1, 0.15) is 11.4 Å². The number of carbonyl (C=O) groups is 2. The van der Waals surface area contributed by atoms with Crippen molar-refractivity contribution in [1.82, 2.24) is 4.98 Å². The van der Waals surface area contributed by atoms with E-state index in [2.05, 4.69) is 15.6 Å². The Bertz CT molecular complexity index is 1040. The van der Waals surface area contributed by atoms with E-state index >= 15 is 0 Å². The van der Waals surface area contributed by atoms with E-state index in [4.69, 9.17) is 16.3 Å². The molecular formula is C21H18ClN3O3. The van der Waals surface area contributed by atoms with Gasteiger partial charge in [0, 0.05) is 34.2 Å². The van der Waals surface area contributed by atoms with Crippen LogP contribution in [-0.4, -0.2) is 23.9 Å². The molecule has 0 aliphatic rings. The number of nitrogens with zero attached hydrogens (tertiary/aromatic N) is 1. The number of hydrogen-bond donors (Lipinski definition) is 2. The first-order valence-electron chi connectivity index (χ1n) is 8.45. The molecule has 0 atom stereocenters. The molecule has 2 aromatic carbocycles. The van der Waals surface area contributed by atoms with E-state index in [-0.39, 0.29) is 11.6 Å². The van der Waals surface area contributed by atoms with Crippen molar-refractivity contribution >= 4 is 34.8 Å². The number of aromatic nitrogens is 1. The van der Waals surface area contributed by atoms with Crippen LogP contribution in [-0.2, 0) is 0 Å². The van der Waals surface area contributed by atoms with Crippen LogP contribution in [0.25, 0.3) is 0 Å². The molecule has 3 rings (SSSR count). The second-order valence-electron chi connectivity index (χ2n) is 6.03. The molecule has 0 aliphatic carbocycles. The van der Waals surface area contributed by atoms with Gasteiger partial charge in [0.25, 0.3) is 11.8 Å². The molecule has 3 aromatic rings. The zero-order chi connectivity index (χ0) is 20.1.